The van der Waals surface area contributed by atoms with Gasteiger partial charge in [-0.25, -0.2) is 4.98 Å². The molecule has 7 nitrogen and oxygen atoms in total. The van der Waals surface area contributed by atoms with E-state index in [1.165, 1.54) is 0 Å². The summed E-state index contributed by atoms with van der Waals surface area (Å²) in [6.45, 7) is 3.64. The van der Waals surface area contributed by atoms with Crippen LogP contribution in [-0.2, 0) is 11.8 Å². The minimum absolute atomic E-state index is 0.269. The fourth-order valence-electron chi connectivity index (χ4n) is 3.11. The van der Waals surface area contributed by atoms with E-state index in [0.717, 1.165) is 54.4 Å². The summed E-state index contributed by atoms with van der Waals surface area (Å²) in [4.78, 5) is 8.92. The van der Waals surface area contributed by atoms with Gasteiger partial charge in [-0.3, -0.25) is 14.1 Å². The van der Waals surface area contributed by atoms with Crippen LogP contribution in [0.4, 0.5) is 5.82 Å². The van der Waals surface area contributed by atoms with Gasteiger partial charge >= 0.3 is 0 Å². The lowest BCUT2D eigenvalue weighted by Gasteiger charge is -2.12. The number of ether oxygens (including phenoxy) is 1. The van der Waals surface area contributed by atoms with Crippen LogP contribution in [0.15, 0.2) is 24.8 Å². The third kappa shape index (κ3) is 2.57. The van der Waals surface area contributed by atoms with Gasteiger partial charge in [-0.1, -0.05) is 0 Å². The Kier molecular flexibility index (Phi) is 3.49. The summed E-state index contributed by atoms with van der Waals surface area (Å²) in [5.74, 6) is 0.967. The van der Waals surface area contributed by atoms with Crippen molar-refractivity contribution in [2.75, 3.05) is 18.5 Å². The summed E-state index contributed by atoms with van der Waals surface area (Å²) in [6, 6.07) is 0. The SMILES string of the molecule is Cc1nn(C)cc1-c1nc2cnccn2c1NCC1CCCO1. The van der Waals surface area contributed by atoms with Gasteiger partial charge in [-0.05, 0) is 19.8 Å². The summed E-state index contributed by atoms with van der Waals surface area (Å²) in [7, 11) is 1.92. The van der Waals surface area contributed by atoms with E-state index in [1.807, 2.05) is 35.4 Å². The summed E-state index contributed by atoms with van der Waals surface area (Å²) in [6.07, 6.45) is 9.98. The molecule has 7 heteroatoms. The largest absolute Gasteiger partial charge is 0.376 e. The van der Waals surface area contributed by atoms with Gasteiger partial charge < -0.3 is 10.1 Å². The maximum atomic E-state index is 5.72. The third-order valence-electron chi connectivity index (χ3n) is 4.22. The van der Waals surface area contributed by atoms with E-state index in [9.17, 15) is 0 Å². The molecule has 0 bridgehead atoms. The quantitative estimate of drug-likeness (QED) is 0.798. The fraction of sp³-hybridized carbons (Fsp3) is 0.438. The zero-order chi connectivity index (χ0) is 15.8. The van der Waals surface area contributed by atoms with Crippen LogP contribution in [-0.4, -0.2) is 43.4 Å². The van der Waals surface area contributed by atoms with Crippen LogP contribution in [0, 0.1) is 6.92 Å². The van der Waals surface area contributed by atoms with Crippen molar-refractivity contribution < 1.29 is 4.74 Å². The van der Waals surface area contributed by atoms with Gasteiger partial charge in [0.1, 0.15) is 11.5 Å². The van der Waals surface area contributed by atoms with Crippen molar-refractivity contribution >= 4 is 11.5 Å². The molecule has 0 amide bonds. The second-order valence-corrected chi connectivity index (χ2v) is 5.93. The summed E-state index contributed by atoms with van der Waals surface area (Å²) >= 11 is 0. The molecule has 1 atom stereocenters. The Morgan fingerprint density at radius 1 is 1.43 bits per heavy atom. The number of hydrogen-bond acceptors (Lipinski definition) is 5. The van der Waals surface area contributed by atoms with Crippen LogP contribution in [0.25, 0.3) is 16.9 Å². The van der Waals surface area contributed by atoms with Crippen molar-refractivity contribution in [3.05, 3.63) is 30.5 Å². The lowest BCUT2D eigenvalue weighted by Crippen LogP contribution is -2.19. The van der Waals surface area contributed by atoms with Crippen molar-refractivity contribution in [3.8, 4) is 11.3 Å². The van der Waals surface area contributed by atoms with E-state index in [0.29, 0.717) is 0 Å². The minimum atomic E-state index is 0.269. The Hall–Kier alpha value is -2.41. The molecule has 1 aliphatic rings. The molecular formula is C16H20N6O. The smallest absolute Gasteiger partial charge is 0.157 e. The molecule has 120 valence electrons. The van der Waals surface area contributed by atoms with Crippen LogP contribution in [0.1, 0.15) is 18.5 Å². The van der Waals surface area contributed by atoms with Crippen LogP contribution in [0.2, 0.25) is 0 Å². The molecule has 0 aromatic carbocycles. The first kappa shape index (κ1) is 14.2. The molecule has 0 spiro atoms. The number of aryl methyl sites for hydroxylation is 2. The van der Waals surface area contributed by atoms with Gasteiger partial charge in [0.2, 0.25) is 0 Å². The molecule has 3 aromatic heterocycles. The minimum Gasteiger partial charge on any atom is -0.376 e. The highest BCUT2D eigenvalue weighted by molar-refractivity contribution is 5.77. The maximum Gasteiger partial charge on any atom is 0.157 e. The molecule has 1 unspecified atom stereocenters. The number of rotatable bonds is 4. The van der Waals surface area contributed by atoms with Crippen molar-refractivity contribution in [3.63, 3.8) is 0 Å². The molecule has 1 saturated heterocycles. The number of nitrogens with zero attached hydrogens (tertiary/aromatic N) is 5. The van der Waals surface area contributed by atoms with Crippen LogP contribution in [0.3, 0.4) is 0 Å². The number of hydrogen-bond donors (Lipinski definition) is 1. The molecule has 0 radical (unpaired) electrons. The first-order valence-electron chi connectivity index (χ1n) is 7.90. The average Bonchev–Trinajstić information content (AvgIpc) is 3.24. The Bertz CT molecular complexity index is 830. The van der Waals surface area contributed by atoms with E-state index in [-0.39, 0.29) is 6.10 Å². The molecule has 1 aliphatic heterocycles. The molecule has 1 N–H and O–H groups in total. The lowest BCUT2D eigenvalue weighted by molar-refractivity contribution is 0.120. The fourth-order valence-corrected chi connectivity index (χ4v) is 3.11. The van der Waals surface area contributed by atoms with Gasteiger partial charge in [0, 0.05) is 44.4 Å². The van der Waals surface area contributed by atoms with Gasteiger partial charge in [0.15, 0.2) is 5.65 Å². The van der Waals surface area contributed by atoms with Crippen molar-refractivity contribution in [2.45, 2.75) is 25.9 Å². The Labute approximate surface area is 134 Å². The number of aromatic nitrogens is 5. The van der Waals surface area contributed by atoms with Crippen LogP contribution < -0.4 is 5.32 Å². The lowest BCUT2D eigenvalue weighted by atomic mass is 10.2. The van der Waals surface area contributed by atoms with Crippen molar-refractivity contribution in [1.29, 1.82) is 0 Å². The van der Waals surface area contributed by atoms with Crippen LogP contribution in [0.5, 0.6) is 0 Å². The normalized spacial score (nSPS) is 17.9. The predicted octanol–water partition coefficient (Wildman–Crippen LogP) is 2.03. The molecule has 4 rings (SSSR count). The van der Waals surface area contributed by atoms with Gasteiger partial charge in [0.25, 0.3) is 0 Å². The molecule has 23 heavy (non-hydrogen) atoms. The van der Waals surface area contributed by atoms with Gasteiger partial charge in [0.05, 0.1) is 18.0 Å². The van der Waals surface area contributed by atoms with E-state index < -0.39 is 0 Å². The Morgan fingerprint density at radius 2 is 2.35 bits per heavy atom. The van der Waals surface area contributed by atoms with E-state index >= 15 is 0 Å². The Balaban J connectivity index is 1.76. The van der Waals surface area contributed by atoms with E-state index in [4.69, 9.17) is 9.72 Å². The third-order valence-corrected chi connectivity index (χ3v) is 4.22. The highest BCUT2D eigenvalue weighted by atomic mass is 16.5. The molecule has 3 aromatic rings. The highest BCUT2D eigenvalue weighted by Gasteiger charge is 2.20. The zero-order valence-electron chi connectivity index (χ0n) is 13.4. The molecular weight excluding hydrogens is 292 g/mol. The predicted molar refractivity (Wildman–Crippen MR) is 87.4 cm³/mol. The molecule has 1 fully saturated rings. The first-order chi connectivity index (χ1) is 11.2. The molecule has 0 saturated carbocycles. The zero-order valence-corrected chi connectivity index (χ0v) is 13.4. The van der Waals surface area contributed by atoms with E-state index in [2.05, 4.69) is 15.4 Å². The molecule has 0 aliphatic carbocycles. The standard InChI is InChI=1S/C16H20N6O/c1-11-13(10-21(2)20-11)15-16(18-8-12-4-3-7-23-12)22-6-5-17-9-14(22)19-15/h5-6,9-10,12,18H,3-4,7-8H2,1-2H3. The highest BCUT2D eigenvalue weighted by Crippen LogP contribution is 2.30. The number of fused-ring (bicyclic) bond motifs is 1. The first-order valence-corrected chi connectivity index (χ1v) is 7.90. The summed E-state index contributed by atoms with van der Waals surface area (Å²) < 4.78 is 9.56. The maximum absolute atomic E-state index is 5.72. The summed E-state index contributed by atoms with van der Waals surface area (Å²) in [5, 5.41) is 7.96. The average molecular weight is 312 g/mol. The molecule has 4 heterocycles. The second-order valence-electron chi connectivity index (χ2n) is 5.93. The number of nitrogens with one attached hydrogen (secondary N) is 1. The van der Waals surface area contributed by atoms with Crippen molar-refractivity contribution in [1.82, 2.24) is 24.1 Å². The van der Waals surface area contributed by atoms with Crippen LogP contribution >= 0.6 is 0 Å². The van der Waals surface area contributed by atoms with Gasteiger partial charge in [-0.15, -0.1) is 0 Å². The summed E-state index contributed by atoms with van der Waals surface area (Å²) in [5.41, 5.74) is 3.72. The number of imidazole rings is 1. The number of anilines is 1. The second kappa shape index (κ2) is 5.66. The topological polar surface area (TPSA) is 69.3 Å². The van der Waals surface area contributed by atoms with E-state index in [1.54, 1.807) is 12.4 Å². The monoisotopic (exact) mass is 312 g/mol. The Morgan fingerprint density at radius 3 is 3.09 bits per heavy atom. The van der Waals surface area contributed by atoms with Gasteiger partial charge in [-0.2, -0.15) is 5.10 Å². The van der Waals surface area contributed by atoms with Crippen molar-refractivity contribution in [2.24, 2.45) is 7.05 Å².